The molecule has 4 nitrogen and oxygen atoms in total. The van der Waals surface area contributed by atoms with Gasteiger partial charge in [0.15, 0.2) is 0 Å². The molecule has 0 atom stereocenters. The number of fused-ring (bicyclic) bond motifs is 11. The van der Waals surface area contributed by atoms with Crippen LogP contribution in [0.1, 0.15) is 0 Å². The van der Waals surface area contributed by atoms with Gasteiger partial charge in [0, 0.05) is 48.0 Å². The van der Waals surface area contributed by atoms with E-state index in [9.17, 15) is 0 Å². The van der Waals surface area contributed by atoms with Crippen molar-refractivity contribution in [3.63, 3.8) is 0 Å². The summed E-state index contributed by atoms with van der Waals surface area (Å²) in [5, 5.41) is 8.39. The van der Waals surface area contributed by atoms with Gasteiger partial charge >= 0.3 is 0 Å². The maximum atomic E-state index is 5.48. The van der Waals surface area contributed by atoms with Gasteiger partial charge < -0.3 is 4.57 Å². The molecule has 218 valence electrons. The average molecular weight is 617 g/mol. The van der Waals surface area contributed by atoms with Crippen LogP contribution in [0.2, 0.25) is 0 Å². The average Bonchev–Trinajstić information content (AvgIpc) is 3.65. The van der Waals surface area contributed by atoms with Crippen LogP contribution in [0, 0.1) is 0 Å². The lowest BCUT2D eigenvalue weighted by Gasteiger charge is -2.20. The van der Waals surface area contributed by atoms with Crippen LogP contribution < -0.4 is 0 Å². The van der Waals surface area contributed by atoms with E-state index in [1.807, 2.05) is 0 Å². The Bertz CT molecular complexity index is 2940. The molecule has 0 bridgehead atoms. The van der Waals surface area contributed by atoms with Crippen molar-refractivity contribution in [3.05, 3.63) is 146 Å². The van der Waals surface area contributed by atoms with Gasteiger partial charge in [0.1, 0.15) is 0 Å². The molecule has 5 heteroatoms. The van der Waals surface area contributed by atoms with Crippen LogP contribution in [-0.4, -0.2) is 19.1 Å². The number of hydrogen-bond acceptors (Lipinski definition) is 3. The van der Waals surface area contributed by atoms with E-state index in [1.54, 1.807) is 11.8 Å². The number of benzene rings is 7. The summed E-state index contributed by atoms with van der Waals surface area (Å²) in [4.78, 5) is 13.3. The Labute approximate surface area is 273 Å². The molecule has 0 spiro atoms. The predicted molar refractivity (Wildman–Crippen MR) is 195 cm³/mol. The van der Waals surface area contributed by atoms with E-state index in [-0.39, 0.29) is 0 Å². The maximum Gasteiger partial charge on any atom is 0.235 e. The Balaban J connectivity index is 1.37. The molecule has 0 unspecified atom stereocenters. The van der Waals surface area contributed by atoms with Crippen molar-refractivity contribution in [1.82, 2.24) is 19.1 Å². The second-order valence-electron chi connectivity index (χ2n) is 12.2. The summed E-state index contributed by atoms with van der Waals surface area (Å²) in [6, 6.07) is 52.2. The zero-order valence-electron chi connectivity index (χ0n) is 25.1. The third kappa shape index (κ3) is 3.38. The molecule has 0 N–H and O–H groups in total. The molecule has 47 heavy (non-hydrogen) atoms. The highest BCUT2D eigenvalue weighted by atomic mass is 32.2. The Morgan fingerprint density at radius 2 is 1.19 bits per heavy atom. The lowest BCUT2D eigenvalue weighted by Crippen LogP contribution is -2.06. The second-order valence-corrected chi connectivity index (χ2v) is 13.3. The molecule has 0 radical (unpaired) electrons. The minimum absolute atomic E-state index is 0.686. The van der Waals surface area contributed by atoms with Gasteiger partial charge in [0.05, 0.1) is 33.3 Å². The van der Waals surface area contributed by atoms with E-state index < -0.39 is 0 Å². The van der Waals surface area contributed by atoms with E-state index >= 15 is 0 Å². The van der Waals surface area contributed by atoms with Crippen LogP contribution in [0.25, 0.3) is 88.2 Å². The van der Waals surface area contributed by atoms with Crippen LogP contribution >= 0.6 is 11.8 Å². The minimum atomic E-state index is 0.686. The number of rotatable bonds is 2. The molecule has 11 rings (SSSR count). The summed E-state index contributed by atoms with van der Waals surface area (Å²) in [6.45, 7) is 0. The summed E-state index contributed by atoms with van der Waals surface area (Å²) in [6.07, 6.45) is 0. The molecular formula is C42H24N4S. The van der Waals surface area contributed by atoms with Gasteiger partial charge in [-0.2, -0.15) is 0 Å². The van der Waals surface area contributed by atoms with Crippen LogP contribution in [0.15, 0.2) is 155 Å². The Hall–Kier alpha value is -5.91. The van der Waals surface area contributed by atoms with Gasteiger partial charge in [0.25, 0.3) is 0 Å². The molecule has 7 aromatic carbocycles. The molecule has 0 amide bonds. The van der Waals surface area contributed by atoms with Gasteiger partial charge in [-0.3, -0.25) is 4.57 Å². The van der Waals surface area contributed by atoms with Gasteiger partial charge in [-0.25, -0.2) is 9.97 Å². The fourth-order valence-corrected chi connectivity index (χ4v) is 8.89. The van der Waals surface area contributed by atoms with Crippen molar-refractivity contribution < 1.29 is 0 Å². The SMILES string of the molecule is c1ccc(-n2c3ccccc3c3c2ccc2c4c5ccccc5ccc4n(-c4nc5c6c(cccc6n4)Sc4ccccc4-5)c23)cc1. The van der Waals surface area contributed by atoms with Gasteiger partial charge in [-0.05, 0) is 59.3 Å². The van der Waals surface area contributed by atoms with Crippen LogP contribution in [-0.2, 0) is 0 Å². The zero-order chi connectivity index (χ0) is 30.6. The van der Waals surface area contributed by atoms with E-state index in [2.05, 4.69) is 155 Å². The van der Waals surface area contributed by atoms with E-state index in [0.717, 1.165) is 44.4 Å². The standard InChI is InChI=1S/C42H24N4S/c1-2-12-26(13-3-1)45-32-18-8-6-15-28(32)38-34(45)24-22-30-37-27-14-5-4-11-25(27)21-23-33(37)46(41(30)38)42-43-31-17-10-20-36-39(31)40(44-42)29-16-7-9-19-35(29)47-36/h1-24H. The Morgan fingerprint density at radius 3 is 2.13 bits per heavy atom. The molecular weight excluding hydrogens is 593 g/mol. The molecule has 10 aromatic rings. The number of hydrogen-bond donors (Lipinski definition) is 0. The molecule has 0 saturated carbocycles. The van der Waals surface area contributed by atoms with Crippen molar-refractivity contribution in [3.8, 4) is 22.9 Å². The lowest BCUT2D eigenvalue weighted by molar-refractivity contribution is 1.01. The van der Waals surface area contributed by atoms with Crippen molar-refractivity contribution in [2.45, 2.75) is 9.79 Å². The summed E-state index contributed by atoms with van der Waals surface area (Å²) < 4.78 is 4.71. The van der Waals surface area contributed by atoms with Gasteiger partial charge in [-0.1, -0.05) is 109 Å². The number of para-hydroxylation sites is 2. The summed E-state index contributed by atoms with van der Waals surface area (Å²) in [5.74, 6) is 0.686. The largest absolute Gasteiger partial charge is 0.309 e. The molecule has 1 aliphatic rings. The van der Waals surface area contributed by atoms with Crippen LogP contribution in [0.4, 0.5) is 0 Å². The first kappa shape index (κ1) is 25.3. The quantitative estimate of drug-likeness (QED) is 0.194. The first-order chi connectivity index (χ1) is 23.3. The van der Waals surface area contributed by atoms with Crippen LogP contribution in [0.3, 0.4) is 0 Å². The molecule has 0 aliphatic carbocycles. The van der Waals surface area contributed by atoms with E-state index in [1.165, 1.54) is 47.6 Å². The van der Waals surface area contributed by atoms with Crippen molar-refractivity contribution >= 4 is 77.0 Å². The van der Waals surface area contributed by atoms with Crippen molar-refractivity contribution in [2.75, 3.05) is 0 Å². The van der Waals surface area contributed by atoms with E-state index in [0.29, 0.717) is 5.95 Å². The fourth-order valence-electron chi connectivity index (χ4n) is 7.78. The highest BCUT2D eigenvalue weighted by Crippen LogP contribution is 2.48. The van der Waals surface area contributed by atoms with Crippen molar-refractivity contribution in [1.29, 1.82) is 0 Å². The molecule has 3 aromatic heterocycles. The predicted octanol–water partition coefficient (Wildman–Crippen LogP) is 11.1. The van der Waals surface area contributed by atoms with Crippen molar-refractivity contribution in [2.24, 2.45) is 0 Å². The zero-order valence-corrected chi connectivity index (χ0v) is 25.9. The number of nitrogens with zero attached hydrogens (tertiary/aromatic N) is 4. The third-order valence-corrected chi connectivity index (χ3v) is 10.8. The summed E-state index contributed by atoms with van der Waals surface area (Å²) in [7, 11) is 0. The third-order valence-electron chi connectivity index (χ3n) is 9.70. The molecule has 4 heterocycles. The normalized spacial score (nSPS) is 12.6. The highest BCUT2D eigenvalue weighted by Gasteiger charge is 2.26. The second kappa shape index (κ2) is 9.32. The Morgan fingerprint density at radius 1 is 0.447 bits per heavy atom. The molecule has 0 fully saturated rings. The van der Waals surface area contributed by atoms with Gasteiger partial charge in [0.2, 0.25) is 5.95 Å². The lowest BCUT2D eigenvalue weighted by atomic mass is 10.0. The first-order valence-corrected chi connectivity index (χ1v) is 16.7. The highest BCUT2D eigenvalue weighted by molar-refractivity contribution is 7.99. The maximum absolute atomic E-state index is 5.48. The van der Waals surface area contributed by atoms with Crippen LogP contribution in [0.5, 0.6) is 0 Å². The topological polar surface area (TPSA) is 35.6 Å². The van der Waals surface area contributed by atoms with E-state index in [4.69, 9.17) is 9.97 Å². The number of aromatic nitrogens is 4. The fraction of sp³-hybridized carbons (Fsp3) is 0. The monoisotopic (exact) mass is 616 g/mol. The smallest absolute Gasteiger partial charge is 0.235 e. The molecule has 0 saturated heterocycles. The minimum Gasteiger partial charge on any atom is -0.309 e. The van der Waals surface area contributed by atoms with Gasteiger partial charge in [-0.15, -0.1) is 0 Å². The summed E-state index contributed by atoms with van der Waals surface area (Å²) in [5.41, 5.74) is 8.80. The molecule has 1 aliphatic heterocycles. The summed E-state index contributed by atoms with van der Waals surface area (Å²) >= 11 is 1.80. The Kier molecular flexibility index (Phi) is 5.02. The first-order valence-electron chi connectivity index (χ1n) is 15.9.